The molecule has 2 aromatic carbocycles. The summed E-state index contributed by atoms with van der Waals surface area (Å²) in [5, 5.41) is 0. The molecule has 0 bridgehead atoms. The molecule has 0 heterocycles. The molecule has 2 N–H and O–H groups in total. The Morgan fingerprint density at radius 3 is 2.80 bits per heavy atom. The summed E-state index contributed by atoms with van der Waals surface area (Å²) in [4.78, 5) is 2.65. The van der Waals surface area contributed by atoms with E-state index < -0.39 is 0 Å². The Labute approximate surface area is 124 Å². The number of rotatable bonds is 3. The molecule has 0 aromatic heterocycles. The van der Waals surface area contributed by atoms with Gasteiger partial charge in [-0.1, -0.05) is 42.1 Å². The van der Waals surface area contributed by atoms with Crippen molar-refractivity contribution in [2.75, 3.05) is 6.54 Å². The smallest absolute Gasteiger partial charge is 0.0181 e. The van der Waals surface area contributed by atoms with E-state index in [4.69, 9.17) is 5.73 Å². The summed E-state index contributed by atoms with van der Waals surface area (Å²) in [5.74, 6) is 0. The van der Waals surface area contributed by atoms with Crippen LogP contribution in [-0.2, 0) is 6.42 Å². The Morgan fingerprint density at radius 2 is 2.00 bits per heavy atom. The minimum atomic E-state index is 0.636. The Hall–Kier alpha value is -1.51. The van der Waals surface area contributed by atoms with Gasteiger partial charge in [0.25, 0.3) is 0 Å². The highest BCUT2D eigenvalue weighted by Crippen LogP contribution is 2.34. The van der Waals surface area contributed by atoms with Gasteiger partial charge in [0.05, 0.1) is 0 Å². The largest absolute Gasteiger partial charge is 0.326 e. The standard InChI is InChI=1S/C18H19NS/c1-13-5-2-3-8-18(13)20-16-9-10-17-14(11-16)6-4-7-15(17)12-19/h2-3,5,7-11H,4,6,12,19H2,1H3. The van der Waals surface area contributed by atoms with Gasteiger partial charge in [0.15, 0.2) is 0 Å². The number of hydrogen-bond acceptors (Lipinski definition) is 2. The topological polar surface area (TPSA) is 26.0 Å². The molecule has 2 heteroatoms. The van der Waals surface area contributed by atoms with Gasteiger partial charge in [0.2, 0.25) is 0 Å². The van der Waals surface area contributed by atoms with Crippen molar-refractivity contribution < 1.29 is 0 Å². The first kappa shape index (κ1) is 13.5. The average Bonchev–Trinajstić information content (AvgIpc) is 2.49. The molecule has 0 unspecified atom stereocenters. The van der Waals surface area contributed by atoms with Crippen molar-refractivity contribution in [1.82, 2.24) is 0 Å². The van der Waals surface area contributed by atoms with Gasteiger partial charge >= 0.3 is 0 Å². The molecule has 20 heavy (non-hydrogen) atoms. The molecule has 2 aromatic rings. The third-order valence-electron chi connectivity index (χ3n) is 3.77. The van der Waals surface area contributed by atoms with Gasteiger partial charge in [-0.15, -0.1) is 0 Å². The lowest BCUT2D eigenvalue weighted by Crippen LogP contribution is -2.08. The zero-order chi connectivity index (χ0) is 13.9. The Kier molecular flexibility index (Phi) is 3.95. The van der Waals surface area contributed by atoms with Crippen molar-refractivity contribution in [3.63, 3.8) is 0 Å². The van der Waals surface area contributed by atoms with Gasteiger partial charge < -0.3 is 5.73 Å². The van der Waals surface area contributed by atoms with Crippen LogP contribution in [0.4, 0.5) is 0 Å². The quantitative estimate of drug-likeness (QED) is 0.900. The van der Waals surface area contributed by atoms with Gasteiger partial charge in [-0.05, 0) is 60.2 Å². The number of allylic oxidation sites excluding steroid dienone is 1. The highest BCUT2D eigenvalue weighted by Gasteiger charge is 2.12. The fraction of sp³-hybridized carbons (Fsp3) is 0.222. The minimum Gasteiger partial charge on any atom is -0.326 e. The van der Waals surface area contributed by atoms with Crippen molar-refractivity contribution in [2.45, 2.75) is 29.6 Å². The van der Waals surface area contributed by atoms with E-state index in [0.29, 0.717) is 6.54 Å². The molecule has 0 saturated carbocycles. The summed E-state index contributed by atoms with van der Waals surface area (Å²) in [5.41, 5.74) is 11.2. The second-order valence-corrected chi connectivity index (χ2v) is 6.27. The van der Waals surface area contributed by atoms with E-state index in [-0.39, 0.29) is 0 Å². The first-order chi connectivity index (χ1) is 9.78. The van der Waals surface area contributed by atoms with Crippen molar-refractivity contribution in [3.8, 4) is 0 Å². The molecule has 0 aliphatic heterocycles. The molecule has 3 rings (SSSR count). The molecular formula is C18H19NS. The molecule has 1 aliphatic rings. The summed E-state index contributed by atoms with van der Waals surface area (Å²) in [6.45, 7) is 2.80. The van der Waals surface area contributed by atoms with Gasteiger partial charge in [-0.3, -0.25) is 0 Å². The number of nitrogens with two attached hydrogens (primary N) is 1. The SMILES string of the molecule is Cc1ccccc1Sc1ccc2c(c1)CCC=C2CN. The molecule has 0 amide bonds. The molecular weight excluding hydrogens is 262 g/mol. The van der Waals surface area contributed by atoms with E-state index in [1.165, 1.54) is 32.1 Å². The molecule has 1 aliphatic carbocycles. The summed E-state index contributed by atoms with van der Waals surface area (Å²) in [7, 11) is 0. The Bertz CT molecular complexity index is 658. The predicted molar refractivity (Wildman–Crippen MR) is 87.1 cm³/mol. The third-order valence-corrected chi connectivity index (χ3v) is 4.94. The van der Waals surface area contributed by atoms with Gasteiger partial charge in [0.1, 0.15) is 0 Å². The number of aryl methyl sites for hydroxylation is 2. The lowest BCUT2D eigenvalue weighted by Gasteiger charge is -2.18. The summed E-state index contributed by atoms with van der Waals surface area (Å²) in [6.07, 6.45) is 4.51. The molecule has 0 saturated heterocycles. The maximum absolute atomic E-state index is 5.83. The van der Waals surface area contributed by atoms with Gasteiger partial charge in [-0.25, -0.2) is 0 Å². The van der Waals surface area contributed by atoms with Crippen LogP contribution in [0.5, 0.6) is 0 Å². The fourth-order valence-electron chi connectivity index (χ4n) is 2.66. The van der Waals surface area contributed by atoms with E-state index in [9.17, 15) is 0 Å². The molecule has 0 atom stereocenters. The number of hydrogen-bond donors (Lipinski definition) is 1. The van der Waals surface area contributed by atoms with E-state index in [1.807, 2.05) is 11.8 Å². The summed E-state index contributed by atoms with van der Waals surface area (Å²) < 4.78 is 0. The van der Waals surface area contributed by atoms with Crippen LogP contribution >= 0.6 is 11.8 Å². The van der Waals surface area contributed by atoms with Crippen molar-refractivity contribution >= 4 is 17.3 Å². The zero-order valence-corrected chi connectivity index (χ0v) is 12.5. The zero-order valence-electron chi connectivity index (χ0n) is 11.7. The number of fused-ring (bicyclic) bond motifs is 1. The van der Waals surface area contributed by atoms with E-state index in [0.717, 1.165) is 12.8 Å². The van der Waals surface area contributed by atoms with Crippen LogP contribution in [0.15, 0.2) is 58.3 Å². The van der Waals surface area contributed by atoms with Crippen molar-refractivity contribution in [1.29, 1.82) is 0 Å². The van der Waals surface area contributed by atoms with E-state index in [1.54, 1.807) is 0 Å². The van der Waals surface area contributed by atoms with Crippen LogP contribution in [0.25, 0.3) is 5.57 Å². The van der Waals surface area contributed by atoms with Crippen LogP contribution in [0.3, 0.4) is 0 Å². The third kappa shape index (κ3) is 2.67. The van der Waals surface area contributed by atoms with Crippen molar-refractivity contribution in [2.24, 2.45) is 5.73 Å². The molecule has 0 fully saturated rings. The van der Waals surface area contributed by atoms with Crippen molar-refractivity contribution in [3.05, 3.63) is 65.2 Å². The lowest BCUT2D eigenvalue weighted by atomic mass is 9.91. The maximum atomic E-state index is 5.83. The van der Waals surface area contributed by atoms with Gasteiger partial charge in [0, 0.05) is 16.3 Å². The molecule has 1 nitrogen and oxygen atoms in total. The second kappa shape index (κ2) is 5.86. The van der Waals surface area contributed by atoms with Crippen LogP contribution < -0.4 is 5.73 Å². The highest BCUT2D eigenvalue weighted by molar-refractivity contribution is 7.99. The number of benzene rings is 2. The van der Waals surface area contributed by atoms with E-state index >= 15 is 0 Å². The normalized spacial score (nSPS) is 13.8. The molecule has 0 spiro atoms. The van der Waals surface area contributed by atoms with Crippen LogP contribution in [0, 0.1) is 6.92 Å². The molecule has 102 valence electrons. The Morgan fingerprint density at radius 1 is 1.15 bits per heavy atom. The maximum Gasteiger partial charge on any atom is 0.0181 e. The monoisotopic (exact) mass is 281 g/mol. The Balaban J connectivity index is 1.90. The first-order valence-corrected chi connectivity index (χ1v) is 7.85. The van der Waals surface area contributed by atoms with Crippen LogP contribution in [0.2, 0.25) is 0 Å². The highest BCUT2D eigenvalue weighted by atomic mass is 32.2. The summed E-state index contributed by atoms with van der Waals surface area (Å²) >= 11 is 1.85. The second-order valence-electron chi connectivity index (χ2n) is 5.16. The lowest BCUT2D eigenvalue weighted by molar-refractivity contribution is 0.960. The average molecular weight is 281 g/mol. The predicted octanol–water partition coefficient (Wildman–Crippen LogP) is 4.43. The van der Waals surface area contributed by atoms with Crippen LogP contribution in [-0.4, -0.2) is 6.54 Å². The van der Waals surface area contributed by atoms with E-state index in [2.05, 4.69) is 55.5 Å². The van der Waals surface area contributed by atoms with Gasteiger partial charge in [-0.2, -0.15) is 0 Å². The first-order valence-electron chi connectivity index (χ1n) is 7.04. The minimum absolute atomic E-state index is 0.636. The summed E-state index contributed by atoms with van der Waals surface area (Å²) in [6, 6.07) is 15.3. The van der Waals surface area contributed by atoms with Crippen LogP contribution in [0.1, 0.15) is 23.1 Å². The fourth-order valence-corrected chi connectivity index (χ4v) is 3.62. The molecule has 0 radical (unpaired) electrons.